The van der Waals surface area contributed by atoms with E-state index in [1.807, 2.05) is 11.8 Å². The molecule has 3 nitrogen and oxygen atoms in total. The molecule has 0 aromatic heterocycles. The molecule has 17 heavy (non-hydrogen) atoms. The summed E-state index contributed by atoms with van der Waals surface area (Å²) in [6.45, 7) is 9.41. The van der Waals surface area contributed by atoms with Gasteiger partial charge in [0.25, 0.3) is 0 Å². The van der Waals surface area contributed by atoms with E-state index >= 15 is 0 Å². The zero-order valence-corrected chi connectivity index (χ0v) is 12.5. The number of hydrogen-bond acceptors (Lipinski definition) is 3. The number of carbonyl (C=O) groups is 1. The van der Waals surface area contributed by atoms with Gasteiger partial charge in [0.05, 0.1) is 0 Å². The summed E-state index contributed by atoms with van der Waals surface area (Å²) in [6.07, 6.45) is 2.61. The molecule has 1 atom stereocenters. The van der Waals surface area contributed by atoms with Crippen LogP contribution in [-0.4, -0.2) is 36.0 Å². The smallest absolute Gasteiger partial charge is 0.220 e. The number of nitrogens with one attached hydrogen (secondary N) is 2. The molecule has 0 saturated heterocycles. The third kappa shape index (κ3) is 12.0. The zero-order valence-electron chi connectivity index (χ0n) is 11.7. The van der Waals surface area contributed by atoms with Crippen molar-refractivity contribution in [2.24, 2.45) is 0 Å². The van der Waals surface area contributed by atoms with Gasteiger partial charge >= 0.3 is 0 Å². The van der Waals surface area contributed by atoms with Gasteiger partial charge in [-0.1, -0.05) is 20.8 Å². The quantitative estimate of drug-likeness (QED) is 0.593. The molecule has 1 unspecified atom stereocenters. The molecule has 0 aliphatic heterocycles. The second-order valence-corrected chi connectivity index (χ2v) is 6.06. The highest BCUT2D eigenvalue weighted by Gasteiger charge is 2.06. The summed E-state index contributed by atoms with van der Waals surface area (Å²) < 4.78 is 0. The normalized spacial score (nSPS) is 12.8. The monoisotopic (exact) mass is 260 g/mol. The van der Waals surface area contributed by atoms with E-state index in [0.717, 1.165) is 30.9 Å². The van der Waals surface area contributed by atoms with E-state index in [1.165, 1.54) is 0 Å². The molecular formula is C13H28N2OS. The van der Waals surface area contributed by atoms with Crippen LogP contribution in [0.15, 0.2) is 0 Å². The van der Waals surface area contributed by atoms with Gasteiger partial charge in [0.1, 0.15) is 0 Å². The third-order valence-electron chi connectivity index (χ3n) is 2.44. The van der Waals surface area contributed by atoms with Gasteiger partial charge in [-0.15, -0.1) is 0 Å². The van der Waals surface area contributed by atoms with E-state index in [4.69, 9.17) is 0 Å². The molecule has 1 amide bonds. The fraction of sp³-hybridized carbons (Fsp3) is 0.923. The van der Waals surface area contributed by atoms with E-state index in [0.29, 0.717) is 18.5 Å². The molecule has 102 valence electrons. The van der Waals surface area contributed by atoms with Crippen LogP contribution in [0, 0.1) is 0 Å². The van der Waals surface area contributed by atoms with Crippen LogP contribution in [0.25, 0.3) is 0 Å². The van der Waals surface area contributed by atoms with Crippen molar-refractivity contribution >= 4 is 17.7 Å². The van der Waals surface area contributed by atoms with Crippen molar-refractivity contribution in [1.29, 1.82) is 0 Å². The van der Waals surface area contributed by atoms with Crippen LogP contribution < -0.4 is 10.6 Å². The highest BCUT2D eigenvalue weighted by atomic mass is 32.2. The Kier molecular flexibility index (Phi) is 10.8. The van der Waals surface area contributed by atoms with Crippen molar-refractivity contribution in [2.75, 3.05) is 18.1 Å². The maximum atomic E-state index is 11.6. The Morgan fingerprint density at radius 2 is 2.00 bits per heavy atom. The Bertz CT molecular complexity index is 198. The summed E-state index contributed by atoms with van der Waals surface area (Å²) >= 11 is 1.93. The Morgan fingerprint density at radius 1 is 1.29 bits per heavy atom. The third-order valence-corrected chi connectivity index (χ3v) is 3.37. The summed E-state index contributed by atoms with van der Waals surface area (Å²) in [4.78, 5) is 11.6. The lowest BCUT2D eigenvalue weighted by Gasteiger charge is -2.13. The van der Waals surface area contributed by atoms with Gasteiger partial charge in [0.15, 0.2) is 0 Å². The van der Waals surface area contributed by atoms with Crippen molar-refractivity contribution in [3.8, 4) is 0 Å². The maximum absolute atomic E-state index is 11.6. The number of carbonyl (C=O) groups excluding carboxylic acids is 1. The molecule has 4 heteroatoms. The minimum Gasteiger partial charge on any atom is -0.354 e. The molecule has 0 fully saturated rings. The molecule has 0 aliphatic carbocycles. The Hall–Kier alpha value is -0.220. The van der Waals surface area contributed by atoms with Gasteiger partial charge in [-0.25, -0.2) is 0 Å². The van der Waals surface area contributed by atoms with Crippen LogP contribution >= 0.6 is 11.8 Å². The molecule has 0 aromatic carbocycles. The van der Waals surface area contributed by atoms with Crippen molar-refractivity contribution in [1.82, 2.24) is 10.6 Å². The number of thioether (sulfide) groups is 1. The average Bonchev–Trinajstić information content (AvgIpc) is 2.24. The summed E-state index contributed by atoms with van der Waals surface area (Å²) in [6, 6.07) is 0.808. The lowest BCUT2D eigenvalue weighted by atomic mass is 10.2. The molecule has 0 spiro atoms. The van der Waals surface area contributed by atoms with E-state index in [-0.39, 0.29) is 5.91 Å². The fourth-order valence-corrected chi connectivity index (χ4v) is 2.27. The van der Waals surface area contributed by atoms with Crippen molar-refractivity contribution < 1.29 is 4.79 Å². The highest BCUT2D eigenvalue weighted by Crippen LogP contribution is 2.04. The van der Waals surface area contributed by atoms with Crippen molar-refractivity contribution in [2.45, 2.75) is 59.0 Å². The van der Waals surface area contributed by atoms with Crippen molar-refractivity contribution in [3.63, 3.8) is 0 Å². The Morgan fingerprint density at radius 3 is 2.59 bits per heavy atom. The molecule has 0 aliphatic rings. The second kappa shape index (κ2) is 10.9. The molecule has 0 bridgehead atoms. The average molecular weight is 260 g/mol. The van der Waals surface area contributed by atoms with Crippen LogP contribution in [0.4, 0.5) is 0 Å². The SMILES string of the molecule is CCSCCC(C)NC(=O)CCCNC(C)C. The van der Waals surface area contributed by atoms with E-state index in [9.17, 15) is 4.79 Å². The minimum atomic E-state index is 0.185. The van der Waals surface area contributed by atoms with E-state index in [1.54, 1.807) is 0 Å². The number of rotatable bonds is 10. The van der Waals surface area contributed by atoms with Crippen molar-refractivity contribution in [3.05, 3.63) is 0 Å². The molecule has 0 aromatic rings. The van der Waals surface area contributed by atoms with Gasteiger partial charge in [-0.05, 0) is 37.8 Å². The largest absolute Gasteiger partial charge is 0.354 e. The standard InChI is InChI=1S/C13H28N2OS/c1-5-17-10-8-12(4)15-13(16)7-6-9-14-11(2)3/h11-12,14H,5-10H2,1-4H3,(H,15,16). The maximum Gasteiger partial charge on any atom is 0.220 e. The second-order valence-electron chi connectivity index (χ2n) is 4.67. The first-order valence-corrected chi connectivity index (χ1v) is 7.82. The van der Waals surface area contributed by atoms with Crippen LogP contribution in [0.5, 0.6) is 0 Å². The van der Waals surface area contributed by atoms with Crippen LogP contribution in [0.3, 0.4) is 0 Å². The lowest BCUT2D eigenvalue weighted by molar-refractivity contribution is -0.121. The van der Waals surface area contributed by atoms with E-state index < -0.39 is 0 Å². The van der Waals surface area contributed by atoms with Gasteiger partial charge < -0.3 is 10.6 Å². The van der Waals surface area contributed by atoms with Crippen LogP contribution in [0.1, 0.15) is 47.0 Å². The molecule has 2 N–H and O–H groups in total. The fourth-order valence-electron chi connectivity index (χ4n) is 1.46. The van der Waals surface area contributed by atoms with Gasteiger partial charge in [-0.3, -0.25) is 4.79 Å². The predicted octanol–water partition coefficient (Wildman–Crippen LogP) is 2.41. The Balaban J connectivity index is 3.44. The summed E-state index contributed by atoms with van der Waals surface area (Å²) in [5.41, 5.74) is 0. The Labute approximate surface area is 111 Å². The summed E-state index contributed by atoms with van der Waals surface area (Å²) in [5.74, 6) is 2.47. The van der Waals surface area contributed by atoms with Gasteiger partial charge in [-0.2, -0.15) is 11.8 Å². The zero-order chi connectivity index (χ0) is 13.1. The number of amides is 1. The predicted molar refractivity (Wildman–Crippen MR) is 77.6 cm³/mol. The summed E-state index contributed by atoms with van der Waals surface area (Å²) in [5, 5.41) is 6.36. The van der Waals surface area contributed by atoms with E-state index in [2.05, 4.69) is 38.3 Å². The number of hydrogen-bond donors (Lipinski definition) is 2. The molecular weight excluding hydrogens is 232 g/mol. The first-order chi connectivity index (χ1) is 8.06. The van der Waals surface area contributed by atoms with Crippen LogP contribution in [0.2, 0.25) is 0 Å². The van der Waals surface area contributed by atoms with Crippen LogP contribution in [-0.2, 0) is 4.79 Å². The first-order valence-electron chi connectivity index (χ1n) is 6.66. The molecule has 0 saturated carbocycles. The highest BCUT2D eigenvalue weighted by molar-refractivity contribution is 7.99. The van der Waals surface area contributed by atoms with Gasteiger partial charge in [0, 0.05) is 18.5 Å². The molecule has 0 heterocycles. The first kappa shape index (κ1) is 16.8. The topological polar surface area (TPSA) is 41.1 Å². The molecule has 0 rings (SSSR count). The minimum absolute atomic E-state index is 0.185. The summed E-state index contributed by atoms with van der Waals surface area (Å²) in [7, 11) is 0. The molecule has 0 radical (unpaired) electrons. The lowest BCUT2D eigenvalue weighted by Crippen LogP contribution is -2.33. The van der Waals surface area contributed by atoms with Gasteiger partial charge in [0.2, 0.25) is 5.91 Å².